The first kappa shape index (κ1) is 14.5. The molecule has 2 rings (SSSR count). The third-order valence-corrected chi connectivity index (χ3v) is 5.72. The standard InChI is InChI=1S/C12H22N4O2S/c1-5-16-10(2)8-15(9-11(16)3)19(17,18)12-6-7-13-14(12)4/h6-7,10-11H,5,8-9H2,1-4H3/t10-,11+. The molecule has 0 aromatic carbocycles. The molecule has 2 heterocycles. The Morgan fingerprint density at radius 1 is 1.32 bits per heavy atom. The molecule has 1 saturated heterocycles. The average molecular weight is 286 g/mol. The van der Waals surface area contributed by atoms with E-state index in [1.54, 1.807) is 17.4 Å². The maximum atomic E-state index is 12.6. The van der Waals surface area contributed by atoms with E-state index in [1.807, 2.05) is 0 Å². The summed E-state index contributed by atoms with van der Waals surface area (Å²) in [6, 6.07) is 2.02. The van der Waals surface area contributed by atoms with Crippen LogP contribution < -0.4 is 0 Å². The molecule has 1 aliphatic heterocycles. The Morgan fingerprint density at radius 2 is 1.89 bits per heavy atom. The van der Waals surface area contributed by atoms with Crippen LogP contribution in [-0.2, 0) is 17.1 Å². The van der Waals surface area contributed by atoms with Crippen LogP contribution >= 0.6 is 0 Å². The van der Waals surface area contributed by atoms with Crippen LogP contribution in [0.15, 0.2) is 17.3 Å². The van der Waals surface area contributed by atoms with Gasteiger partial charge in [-0.2, -0.15) is 9.40 Å². The van der Waals surface area contributed by atoms with Crippen LogP contribution in [0.5, 0.6) is 0 Å². The minimum absolute atomic E-state index is 0.233. The molecule has 0 bridgehead atoms. The number of rotatable bonds is 3. The van der Waals surface area contributed by atoms with Crippen molar-refractivity contribution >= 4 is 10.0 Å². The molecule has 0 unspecified atom stereocenters. The lowest BCUT2D eigenvalue weighted by atomic mass is 10.1. The normalized spacial score (nSPS) is 26.7. The first-order valence-electron chi connectivity index (χ1n) is 6.61. The van der Waals surface area contributed by atoms with Crippen LogP contribution in [-0.4, -0.2) is 59.1 Å². The van der Waals surface area contributed by atoms with Crippen molar-refractivity contribution in [2.75, 3.05) is 19.6 Å². The fourth-order valence-electron chi connectivity index (χ4n) is 2.87. The Kier molecular flexibility index (Phi) is 3.98. The number of hydrogen-bond donors (Lipinski definition) is 0. The molecule has 108 valence electrons. The predicted molar refractivity (Wildman–Crippen MR) is 73.3 cm³/mol. The molecule has 0 spiro atoms. The maximum absolute atomic E-state index is 12.6. The van der Waals surface area contributed by atoms with E-state index in [4.69, 9.17) is 0 Å². The van der Waals surface area contributed by atoms with E-state index in [9.17, 15) is 8.42 Å². The van der Waals surface area contributed by atoms with Gasteiger partial charge in [-0.15, -0.1) is 0 Å². The summed E-state index contributed by atoms with van der Waals surface area (Å²) in [6.07, 6.45) is 1.52. The number of aromatic nitrogens is 2. The molecular formula is C12H22N4O2S. The fraction of sp³-hybridized carbons (Fsp3) is 0.750. The monoisotopic (exact) mass is 286 g/mol. The smallest absolute Gasteiger partial charge is 0.260 e. The SMILES string of the molecule is CCN1[C@H](C)CN(S(=O)(=O)c2ccnn2C)C[C@@H]1C. The minimum atomic E-state index is -3.44. The lowest BCUT2D eigenvalue weighted by molar-refractivity contribution is 0.0827. The molecule has 1 aliphatic rings. The van der Waals surface area contributed by atoms with E-state index < -0.39 is 10.0 Å². The summed E-state index contributed by atoms with van der Waals surface area (Å²) >= 11 is 0. The minimum Gasteiger partial charge on any atom is -0.296 e. The first-order chi connectivity index (χ1) is 8.87. The van der Waals surface area contributed by atoms with E-state index in [-0.39, 0.29) is 17.1 Å². The number of hydrogen-bond acceptors (Lipinski definition) is 4. The van der Waals surface area contributed by atoms with Gasteiger partial charge in [0.05, 0.1) is 6.20 Å². The van der Waals surface area contributed by atoms with E-state index in [2.05, 4.69) is 30.8 Å². The Hall–Kier alpha value is -0.920. The predicted octanol–water partition coefficient (Wildman–Crippen LogP) is 0.523. The van der Waals surface area contributed by atoms with Gasteiger partial charge in [0.15, 0.2) is 5.03 Å². The molecule has 0 N–H and O–H groups in total. The number of likely N-dealkylation sites (N-methyl/N-ethyl adjacent to an activating group) is 1. The lowest BCUT2D eigenvalue weighted by Crippen LogP contribution is -2.57. The van der Waals surface area contributed by atoms with Crippen molar-refractivity contribution in [1.29, 1.82) is 0 Å². The molecule has 19 heavy (non-hydrogen) atoms. The van der Waals surface area contributed by atoms with Crippen molar-refractivity contribution in [3.63, 3.8) is 0 Å². The topological polar surface area (TPSA) is 58.4 Å². The molecular weight excluding hydrogens is 264 g/mol. The summed E-state index contributed by atoms with van der Waals surface area (Å²) in [5, 5.41) is 4.21. The third-order valence-electron chi connectivity index (χ3n) is 3.81. The highest BCUT2D eigenvalue weighted by Crippen LogP contribution is 2.22. The second-order valence-electron chi connectivity index (χ2n) is 5.14. The molecule has 1 aromatic heterocycles. The van der Waals surface area contributed by atoms with Crippen molar-refractivity contribution in [2.45, 2.75) is 37.9 Å². The number of piperazine rings is 1. The second kappa shape index (κ2) is 5.22. The zero-order chi connectivity index (χ0) is 14.2. The van der Waals surface area contributed by atoms with Crippen molar-refractivity contribution in [3.8, 4) is 0 Å². The van der Waals surface area contributed by atoms with Gasteiger partial charge in [-0.1, -0.05) is 6.92 Å². The van der Waals surface area contributed by atoms with E-state index in [1.165, 1.54) is 10.9 Å². The number of nitrogens with zero attached hydrogens (tertiary/aromatic N) is 4. The van der Waals surface area contributed by atoms with Crippen LogP contribution in [0.4, 0.5) is 0 Å². The highest BCUT2D eigenvalue weighted by atomic mass is 32.2. The largest absolute Gasteiger partial charge is 0.296 e. The number of sulfonamides is 1. The summed E-state index contributed by atoms with van der Waals surface area (Å²) in [7, 11) is -1.78. The molecule has 1 fully saturated rings. The quantitative estimate of drug-likeness (QED) is 0.813. The van der Waals surface area contributed by atoms with Crippen molar-refractivity contribution in [2.24, 2.45) is 7.05 Å². The third kappa shape index (κ3) is 2.54. The summed E-state index contributed by atoms with van der Waals surface area (Å²) < 4.78 is 28.2. The van der Waals surface area contributed by atoms with Crippen LogP contribution in [0, 0.1) is 0 Å². The molecule has 0 saturated carbocycles. The van der Waals surface area contributed by atoms with Crippen molar-refractivity contribution in [3.05, 3.63) is 12.3 Å². The Bertz CT molecular complexity index is 528. The molecule has 0 radical (unpaired) electrons. The van der Waals surface area contributed by atoms with Gasteiger partial charge in [-0.05, 0) is 26.5 Å². The molecule has 0 aliphatic carbocycles. The van der Waals surface area contributed by atoms with E-state index in [0.29, 0.717) is 13.1 Å². The zero-order valence-corrected chi connectivity index (χ0v) is 12.8. The molecule has 6 nitrogen and oxygen atoms in total. The average Bonchev–Trinajstić information content (AvgIpc) is 2.75. The Balaban J connectivity index is 2.26. The van der Waals surface area contributed by atoms with Crippen LogP contribution in [0.1, 0.15) is 20.8 Å². The number of aryl methyl sites for hydroxylation is 1. The van der Waals surface area contributed by atoms with E-state index in [0.717, 1.165) is 6.54 Å². The first-order valence-corrected chi connectivity index (χ1v) is 8.05. The van der Waals surface area contributed by atoms with Gasteiger partial charge in [0.25, 0.3) is 10.0 Å². The van der Waals surface area contributed by atoms with Gasteiger partial charge in [0, 0.05) is 32.2 Å². The molecule has 2 atom stereocenters. The fourth-order valence-corrected chi connectivity index (χ4v) is 4.58. The highest BCUT2D eigenvalue weighted by Gasteiger charge is 2.36. The van der Waals surface area contributed by atoms with Crippen LogP contribution in [0.25, 0.3) is 0 Å². The van der Waals surface area contributed by atoms with Gasteiger partial charge in [0.1, 0.15) is 0 Å². The Labute approximate surface area is 115 Å². The molecule has 7 heteroatoms. The van der Waals surface area contributed by atoms with Crippen LogP contribution in [0.3, 0.4) is 0 Å². The van der Waals surface area contributed by atoms with Gasteiger partial charge in [-0.3, -0.25) is 9.58 Å². The zero-order valence-electron chi connectivity index (χ0n) is 11.9. The van der Waals surface area contributed by atoms with Crippen molar-refractivity contribution in [1.82, 2.24) is 19.0 Å². The summed E-state index contributed by atoms with van der Waals surface area (Å²) in [6.45, 7) is 8.27. The van der Waals surface area contributed by atoms with Gasteiger partial charge in [-0.25, -0.2) is 8.42 Å². The Morgan fingerprint density at radius 3 is 2.32 bits per heavy atom. The molecule has 1 aromatic rings. The highest BCUT2D eigenvalue weighted by molar-refractivity contribution is 7.89. The summed E-state index contributed by atoms with van der Waals surface area (Å²) in [5.74, 6) is 0. The summed E-state index contributed by atoms with van der Waals surface area (Å²) in [5.41, 5.74) is 0. The van der Waals surface area contributed by atoms with Gasteiger partial charge < -0.3 is 0 Å². The van der Waals surface area contributed by atoms with Crippen molar-refractivity contribution < 1.29 is 8.42 Å². The van der Waals surface area contributed by atoms with Gasteiger partial charge in [0.2, 0.25) is 0 Å². The van der Waals surface area contributed by atoms with Gasteiger partial charge >= 0.3 is 0 Å². The maximum Gasteiger partial charge on any atom is 0.260 e. The lowest BCUT2D eigenvalue weighted by Gasteiger charge is -2.43. The second-order valence-corrected chi connectivity index (χ2v) is 7.03. The molecule has 0 amide bonds. The summed E-state index contributed by atoms with van der Waals surface area (Å²) in [4.78, 5) is 2.33. The van der Waals surface area contributed by atoms with Crippen LogP contribution in [0.2, 0.25) is 0 Å². The van der Waals surface area contributed by atoms with E-state index >= 15 is 0 Å².